The standard InChI is InChI=1S/C25H31N3O5S/c1-7-14(2)22(26)25(29)27-18-10-15(8-9-19(18)30-3)17-13-34-28-23(17)16-11-20(31-4)24(33-6)21(12-16)32-5/h8-14,22H,7,26H2,1-6H3,(H,27,29)/p+1/t14?,22-/m0/s1. The summed E-state index contributed by atoms with van der Waals surface area (Å²) < 4.78 is 26.6. The molecule has 0 aliphatic carbocycles. The van der Waals surface area contributed by atoms with Gasteiger partial charge in [0, 0.05) is 22.4 Å². The maximum absolute atomic E-state index is 12.8. The number of carbonyl (C=O) groups is 1. The fourth-order valence-electron chi connectivity index (χ4n) is 3.61. The molecule has 9 heteroatoms. The van der Waals surface area contributed by atoms with Crippen LogP contribution in [-0.2, 0) is 4.79 Å². The molecule has 1 heterocycles. The lowest BCUT2D eigenvalue weighted by Crippen LogP contribution is -2.69. The number of nitrogens with one attached hydrogen (secondary N) is 1. The van der Waals surface area contributed by atoms with Crippen molar-refractivity contribution in [2.24, 2.45) is 5.92 Å². The molecule has 0 saturated heterocycles. The second-order valence-electron chi connectivity index (χ2n) is 7.89. The number of hydrogen-bond acceptors (Lipinski definition) is 7. The number of benzene rings is 2. The number of ether oxygens (including phenoxy) is 4. The zero-order chi connectivity index (χ0) is 24.8. The molecule has 0 aliphatic rings. The van der Waals surface area contributed by atoms with E-state index >= 15 is 0 Å². The number of rotatable bonds is 10. The highest BCUT2D eigenvalue weighted by atomic mass is 32.1. The van der Waals surface area contributed by atoms with Crippen LogP contribution < -0.4 is 30.0 Å². The normalized spacial score (nSPS) is 12.6. The van der Waals surface area contributed by atoms with E-state index in [1.165, 1.54) is 11.5 Å². The van der Waals surface area contributed by atoms with Crippen molar-refractivity contribution in [1.29, 1.82) is 0 Å². The molecule has 0 radical (unpaired) electrons. The number of nitrogens with zero attached hydrogens (tertiary/aromatic N) is 1. The van der Waals surface area contributed by atoms with E-state index in [0.29, 0.717) is 28.7 Å². The van der Waals surface area contributed by atoms with E-state index in [-0.39, 0.29) is 17.9 Å². The van der Waals surface area contributed by atoms with Gasteiger partial charge in [0.15, 0.2) is 17.5 Å². The predicted octanol–water partition coefficient (Wildman–Crippen LogP) is 4.11. The van der Waals surface area contributed by atoms with Gasteiger partial charge in [0.2, 0.25) is 5.75 Å². The van der Waals surface area contributed by atoms with Crippen molar-refractivity contribution < 1.29 is 29.5 Å². The number of amides is 1. The van der Waals surface area contributed by atoms with Gasteiger partial charge in [0.25, 0.3) is 5.91 Å². The topological polar surface area (TPSA) is 107 Å². The Labute approximate surface area is 204 Å². The molecular formula is C25H32N3O5S+. The zero-order valence-corrected chi connectivity index (χ0v) is 21.2. The molecule has 2 atom stereocenters. The van der Waals surface area contributed by atoms with E-state index in [1.54, 1.807) is 28.4 Å². The van der Waals surface area contributed by atoms with Gasteiger partial charge >= 0.3 is 0 Å². The number of anilines is 1. The van der Waals surface area contributed by atoms with E-state index < -0.39 is 0 Å². The molecule has 1 aromatic heterocycles. The number of quaternary nitrogens is 1. The molecule has 0 spiro atoms. The molecule has 4 N–H and O–H groups in total. The average Bonchev–Trinajstić information content (AvgIpc) is 3.36. The second kappa shape index (κ2) is 11.2. The molecule has 8 nitrogen and oxygen atoms in total. The Morgan fingerprint density at radius 2 is 1.65 bits per heavy atom. The van der Waals surface area contributed by atoms with Crippen molar-refractivity contribution in [2.45, 2.75) is 26.3 Å². The number of aromatic nitrogens is 1. The molecule has 3 rings (SSSR count). The summed E-state index contributed by atoms with van der Waals surface area (Å²) >= 11 is 1.34. The third-order valence-electron chi connectivity index (χ3n) is 5.94. The van der Waals surface area contributed by atoms with Gasteiger partial charge in [-0.05, 0) is 47.8 Å². The Balaban J connectivity index is 2.03. The molecule has 0 aliphatic heterocycles. The zero-order valence-electron chi connectivity index (χ0n) is 20.4. The van der Waals surface area contributed by atoms with E-state index in [9.17, 15) is 4.79 Å². The van der Waals surface area contributed by atoms with E-state index in [4.69, 9.17) is 18.9 Å². The van der Waals surface area contributed by atoms with Crippen LogP contribution in [0, 0.1) is 5.92 Å². The van der Waals surface area contributed by atoms with Crippen molar-refractivity contribution in [1.82, 2.24) is 4.37 Å². The third kappa shape index (κ3) is 5.10. The largest absolute Gasteiger partial charge is 0.495 e. The summed E-state index contributed by atoms with van der Waals surface area (Å²) in [6.07, 6.45) is 0.873. The molecule has 0 saturated carbocycles. The summed E-state index contributed by atoms with van der Waals surface area (Å²) in [6.45, 7) is 4.07. The van der Waals surface area contributed by atoms with Crippen LogP contribution in [-0.4, -0.2) is 44.8 Å². The van der Waals surface area contributed by atoms with Gasteiger partial charge in [-0.3, -0.25) is 4.79 Å². The molecule has 182 valence electrons. The number of hydrogen-bond donors (Lipinski definition) is 2. The van der Waals surface area contributed by atoms with Crippen LogP contribution in [0.2, 0.25) is 0 Å². The lowest BCUT2D eigenvalue weighted by atomic mass is 9.98. The van der Waals surface area contributed by atoms with Gasteiger partial charge < -0.3 is 30.0 Å². The van der Waals surface area contributed by atoms with E-state index in [1.807, 2.05) is 49.6 Å². The molecule has 0 bridgehead atoms. The molecule has 0 fully saturated rings. The Kier molecular flexibility index (Phi) is 8.36. The van der Waals surface area contributed by atoms with Crippen molar-refractivity contribution in [3.63, 3.8) is 0 Å². The van der Waals surface area contributed by atoms with Crippen molar-refractivity contribution in [3.05, 3.63) is 35.7 Å². The van der Waals surface area contributed by atoms with E-state index in [0.717, 1.165) is 28.8 Å². The predicted molar refractivity (Wildman–Crippen MR) is 134 cm³/mol. The Bertz CT molecular complexity index is 1120. The SMILES string of the molecule is CCC(C)[C@H]([NH3+])C(=O)Nc1cc(-c2csnc2-c2cc(OC)c(OC)c(OC)c2)ccc1OC. The van der Waals surface area contributed by atoms with Crippen LogP contribution in [0.15, 0.2) is 35.7 Å². The summed E-state index contributed by atoms with van der Waals surface area (Å²) in [7, 11) is 6.31. The first-order valence-corrected chi connectivity index (χ1v) is 11.8. The van der Waals surface area contributed by atoms with Gasteiger partial charge in [-0.25, -0.2) is 0 Å². The van der Waals surface area contributed by atoms with E-state index in [2.05, 4.69) is 15.4 Å². The number of methoxy groups -OCH3 is 4. The first-order chi connectivity index (χ1) is 16.4. The van der Waals surface area contributed by atoms with Crippen LogP contribution in [0.25, 0.3) is 22.4 Å². The Hall–Kier alpha value is -3.30. The molecule has 34 heavy (non-hydrogen) atoms. The summed E-state index contributed by atoms with van der Waals surface area (Å²) in [6, 6.07) is 9.04. The van der Waals surface area contributed by atoms with Gasteiger partial charge in [0.1, 0.15) is 5.75 Å². The minimum Gasteiger partial charge on any atom is -0.495 e. The molecule has 3 aromatic rings. The van der Waals surface area contributed by atoms with Crippen LogP contribution in [0.4, 0.5) is 5.69 Å². The fraction of sp³-hybridized carbons (Fsp3) is 0.360. The summed E-state index contributed by atoms with van der Waals surface area (Å²) in [5, 5.41) is 4.96. The highest BCUT2D eigenvalue weighted by molar-refractivity contribution is 7.04. The lowest BCUT2D eigenvalue weighted by Gasteiger charge is -2.17. The minimum atomic E-state index is -0.365. The number of carbonyl (C=O) groups excluding carboxylic acids is 1. The van der Waals surface area contributed by atoms with Gasteiger partial charge in [-0.2, -0.15) is 4.37 Å². The van der Waals surface area contributed by atoms with Gasteiger partial charge in [-0.15, -0.1) is 0 Å². The quantitative estimate of drug-likeness (QED) is 0.447. The van der Waals surface area contributed by atoms with Crippen molar-refractivity contribution in [3.8, 4) is 45.4 Å². The monoisotopic (exact) mass is 486 g/mol. The molecule has 2 aromatic carbocycles. The summed E-state index contributed by atoms with van der Waals surface area (Å²) in [5.41, 5.74) is 8.01. The van der Waals surface area contributed by atoms with Crippen LogP contribution in [0.5, 0.6) is 23.0 Å². The van der Waals surface area contributed by atoms with Crippen LogP contribution >= 0.6 is 11.5 Å². The third-order valence-corrected chi connectivity index (χ3v) is 6.57. The first-order valence-electron chi connectivity index (χ1n) is 10.9. The molecule has 1 amide bonds. The van der Waals surface area contributed by atoms with Crippen molar-refractivity contribution >= 4 is 23.1 Å². The fourth-order valence-corrected chi connectivity index (χ4v) is 4.32. The Morgan fingerprint density at radius 1 is 1.00 bits per heavy atom. The summed E-state index contributed by atoms with van der Waals surface area (Å²) in [5.74, 6) is 2.21. The highest BCUT2D eigenvalue weighted by Crippen LogP contribution is 2.44. The second-order valence-corrected chi connectivity index (χ2v) is 8.52. The van der Waals surface area contributed by atoms with Crippen LogP contribution in [0.1, 0.15) is 20.3 Å². The first kappa shape index (κ1) is 25.3. The molecular weight excluding hydrogens is 454 g/mol. The lowest BCUT2D eigenvalue weighted by molar-refractivity contribution is -0.414. The highest BCUT2D eigenvalue weighted by Gasteiger charge is 2.25. The Morgan fingerprint density at radius 3 is 2.21 bits per heavy atom. The maximum atomic E-state index is 12.8. The van der Waals surface area contributed by atoms with Gasteiger partial charge in [0.05, 0.1) is 39.8 Å². The average molecular weight is 487 g/mol. The molecule has 1 unspecified atom stereocenters. The van der Waals surface area contributed by atoms with Gasteiger partial charge in [-0.1, -0.05) is 19.9 Å². The van der Waals surface area contributed by atoms with Crippen LogP contribution in [0.3, 0.4) is 0 Å². The maximum Gasteiger partial charge on any atom is 0.282 e. The minimum absolute atomic E-state index is 0.141. The summed E-state index contributed by atoms with van der Waals surface area (Å²) in [4.78, 5) is 12.8. The van der Waals surface area contributed by atoms with Crippen molar-refractivity contribution in [2.75, 3.05) is 33.8 Å². The smallest absolute Gasteiger partial charge is 0.282 e.